The normalized spacial score (nSPS) is 12.9. The molecule has 1 rings (SSSR count). The van der Waals surface area contributed by atoms with Crippen molar-refractivity contribution in [3.63, 3.8) is 0 Å². The number of nitrogens with one attached hydrogen (secondary N) is 1. The Morgan fingerprint density at radius 1 is 1.48 bits per heavy atom. The van der Waals surface area contributed by atoms with E-state index in [2.05, 4.69) is 4.72 Å². The van der Waals surface area contributed by atoms with Crippen LogP contribution < -0.4 is 9.46 Å². The van der Waals surface area contributed by atoms with Gasteiger partial charge in [-0.15, -0.1) is 0 Å². The number of nitro groups is 1. The van der Waals surface area contributed by atoms with Crippen molar-refractivity contribution in [1.29, 1.82) is 0 Å². The number of methoxy groups -OCH3 is 1. The molecule has 0 fully saturated rings. The van der Waals surface area contributed by atoms with Crippen LogP contribution in [0.15, 0.2) is 23.1 Å². The molecule has 0 bridgehead atoms. The standard InChI is InChI=1S/C12H18N2O6S/c1-9(15)4-3-7-13-21(18,19)12-6-5-10(20-2)8-11(12)14(16)17/h5-6,8-9,13,15H,3-4,7H2,1-2H3. The molecule has 0 aliphatic carbocycles. The van der Waals surface area contributed by atoms with Crippen LogP contribution >= 0.6 is 0 Å². The van der Waals surface area contributed by atoms with Gasteiger partial charge in [0, 0.05) is 6.54 Å². The zero-order valence-electron chi connectivity index (χ0n) is 11.8. The van der Waals surface area contributed by atoms with Crippen molar-refractivity contribution in [1.82, 2.24) is 4.72 Å². The lowest BCUT2D eigenvalue weighted by molar-refractivity contribution is -0.387. The second-order valence-corrected chi connectivity index (χ2v) is 6.22. The number of nitro benzene ring substituents is 1. The number of aliphatic hydroxyl groups is 1. The van der Waals surface area contributed by atoms with Gasteiger partial charge in [-0.3, -0.25) is 10.1 Å². The van der Waals surface area contributed by atoms with E-state index in [1.54, 1.807) is 6.92 Å². The van der Waals surface area contributed by atoms with E-state index in [0.29, 0.717) is 12.8 Å². The summed E-state index contributed by atoms with van der Waals surface area (Å²) in [6.45, 7) is 1.69. The third-order valence-corrected chi connectivity index (χ3v) is 4.25. The van der Waals surface area contributed by atoms with Gasteiger partial charge in [-0.1, -0.05) is 0 Å². The topological polar surface area (TPSA) is 119 Å². The van der Waals surface area contributed by atoms with Crippen molar-refractivity contribution in [2.75, 3.05) is 13.7 Å². The fraction of sp³-hybridized carbons (Fsp3) is 0.500. The Morgan fingerprint density at radius 2 is 2.14 bits per heavy atom. The largest absolute Gasteiger partial charge is 0.497 e. The maximum absolute atomic E-state index is 12.1. The van der Waals surface area contributed by atoms with E-state index >= 15 is 0 Å². The first kappa shape index (κ1) is 17.3. The summed E-state index contributed by atoms with van der Waals surface area (Å²) < 4.78 is 31.3. The SMILES string of the molecule is COc1ccc(S(=O)(=O)NCCCC(C)O)c([N+](=O)[O-])c1. The summed E-state index contributed by atoms with van der Waals surface area (Å²) in [5.74, 6) is 0.203. The molecule has 21 heavy (non-hydrogen) atoms. The monoisotopic (exact) mass is 318 g/mol. The summed E-state index contributed by atoms with van der Waals surface area (Å²) in [6, 6.07) is 3.54. The van der Waals surface area contributed by atoms with Crippen molar-refractivity contribution in [3.8, 4) is 5.75 Å². The Bertz CT molecular complexity index is 600. The Hall–Kier alpha value is -1.71. The van der Waals surface area contributed by atoms with E-state index in [1.165, 1.54) is 13.2 Å². The van der Waals surface area contributed by atoms with Gasteiger partial charge < -0.3 is 9.84 Å². The highest BCUT2D eigenvalue weighted by Gasteiger charge is 2.26. The molecule has 118 valence electrons. The molecule has 9 heteroatoms. The first-order valence-corrected chi connectivity index (χ1v) is 7.76. The van der Waals surface area contributed by atoms with Crippen molar-refractivity contribution >= 4 is 15.7 Å². The summed E-state index contributed by atoms with van der Waals surface area (Å²) in [6.07, 6.45) is 0.346. The van der Waals surface area contributed by atoms with Gasteiger partial charge in [-0.2, -0.15) is 0 Å². The lowest BCUT2D eigenvalue weighted by Gasteiger charge is -2.09. The van der Waals surface area contributed by atoms with Crippen LogP contribution in [0.2, 0.25) is 0 Å². The predicted molar refractivity (Wildman–Crippen MR) is 75.8 cm³/mol. The number of hydrogen-bond acceptors (Lipinski definition) is 6. The Morgan fingerprint density at radius 3 is 2.67 bits per heavy atom. The summed E-state index contributed by atoms with van der Waals surface area (Å²) >= 11 is 0. The van der Waals surface area contributed by atoms with Crippen molar-refractivity contribution in [2.45, 2.75) is 30.8 Å². The lowest BCUT2D eigenvalue weighted by Crippen LogP contribution is -2.26. The second-order valence-electron chi connectivity index (χ2n) is 4.48. The smallest absolute Gasteiger partial charge is 0.293 e. The highest BCUT2D eigenvalue weighted by atomic mass is 32.2. The van der Waals surface area contributed by atoms with Gasteiger partial charge in [0.25, 0.3) is 5.69 Å². The van der Waals surface area contributed by atoms with Gasteiger partial charge in [0.05, 0.1) is 24.2 Å². The molecule has 0 amide bonds. The lowest BCUT2D eigenvalue weighted by atomic mass is 10.2. The number of aliphatic hydroxyl groups excluding tert-OH is 1. The van der Waals surface area contributed by atoms with Crippen molar-refractivity contribution in [3.05, 3.63) is 28.3 Å². The van der Waals surface area contributed by atoms with E-state index in [4.69, 9.17) is 9.84 Å². The fourth-order valence-electron chi connectivity index (χ4n) is 1.68. The van der Waals surface area contributed by atoms with Crippen molar-refractivity contribution < 1.29 is 23.2 Å². The molecule has 0 saturated carbocycles. The molecule has 1 aromatic carbocycles. The zero-order chi connectivity index (χ0) is 16.0. The van der Waals surface area contributed by atoms with E-state index in [0.717, 1.165) is 12.1 Å². The van der Waals surface area contributed by atoms with Gasteiger partial charge in [0.1, 0.15) is 5.75 Å². The Balaban J connectivity index is 2.94. The summed E-state index contributed by atoms with van der Waals surface area (Å²) in [4.78, 5) is 9.80. The van der Waals surface area contributed by atoms with E-state index in [1.807, 2.05) is 0 Å². The third kappa shape index (κ3) is 4.96. The number of ether oxygens (including phenoxy) is 1. The van der Waals surface area contributed by atoms with Gasteiger partial charge in [0.15, 0.2) is 4.90 Å². The number of benzene rings is 1. The maximum Gasteiger partial charge on any atom is 0.293 e. The second kappa shape index (κ2) is 7.34. The van der Waals surface area contributed by atoms with Gasteiger partial charge in [-0.05, 0) is 31.9 Å². The summed E-state index contributed by atoms with van der Waals surface area (Å²) in [5.41, 5.74) is -0.544. The zero-order valence-corrected chi connectivity index (χ0v) is 12.6. The van der Waals surface area contributed by atoms with Crippen LogP contribution in [-0.2, 0) is 10.0 Å². The molecule has 1 atom stereocenters. The first-order chi connectivity index (χ1) is 9.77. The maximum atomic E-state index is 12.1. The van der Waals surface area contributed by atoms with Crippen LogP contribution in [0.3, 0.4) is 0 Å². The minimum Gasteiger partial charge on any atom is -0.497 e. The van der Waals surface area contributed by atoms with Crippen LogP contribution in [0.5, 0.6) is 5.75 Å². The minimum absolute atomic E-state index is 0.0937. The number of hydrogen-bond donors (Lipinski definition) is 2. The average Bonchev–Trinajstić information content (AvgIpc) is 2.42. The summed E-state index contributed by atoms with van der Waals surface area (Å²) in [5, 5.41) is 20.1. The van der Waals surface area contributed by atoms with Crippen LogP contribution in [0.25, 0.3) is 0 Å². The Kier molecular flexibility index (Phi) is 6.06. The molecule has 0 spiro atoms. The van der Waals surface area contributed by atoms with Crippen molar-refractivity contribution in [2.24, 2.45) is 0 Å². The first-order valence-electron chi connectivity index (χ1n) is 6.28. The fourth-order valence-corrected chi connectivity index (χ4v) is 2.90. The van der Waals surface area contributed by atoms with Crippen LogP contribution in [-0.4, -0.2) is 38.2 Å². The molecular weight excluding hydrogens is 300 g/mol. The third-order valence-electron chi connectivity index (χ3n) is 2.74. The molecule has 0 aliphatic heterocycles. The van der Waals surface area contributed by atoms with Gasteiger partial charge in [0.2, 0.25) is 10.0 Å². The summed E-state index contributed by atoms with van der Waals surface area (Å²) in [7, 11) is -2.65. The van der Waals surface area contributed by atoms with Gasteiger partial charge >= 0.3 is 0 Å². The molecule has 2 N–H and O–H groups in total. The van der Waals surface area contributed by atoms with Crippen LogP contribution in [0.1, 0.15) is 19.8 Å². The van der Waals surface area contributed by atoms with E-state index in [9.17, 15) is 18.5 Å². The number of sulfonamides is 1. The van der Waals surface area contributed by atoms with Crippen LogP contribution in [0.4, 0.5) is 5.69 Å². The molecule has 1 unspecified atom stereocenters. The molecule has 0 aliphatic rings. The van der Waals surface area contributed by atoms with E-state index in [-0.39, 0.29) is 12.3 Å². The Labute approximate surface area is 122 Å². The molecular formula is C12H18N2O6S. The van der Waals surface area contributed by atoms with E-state index < -0.39 is 31.6 Å². The number of rotatable bonds is 8. The molecule has 1 aromatic rings. The minimum atomic E-state index is -3.99. The molecule has 0 heterocycles. The highest BCUT2D eigenvalue weighted by molar-refractivity contribution is 7.89. The molecule has 0 radical (unpaired) electrons. The van der Waals surface area contributed by atoms with Crippen LogP contribution in [0, 0.1) is 10.1 Å². The average molecular weight is 318 g/mol. The highest BCUT2D eigenvalue weighted by Crippen LogP contribution is 2.28. The molecule has 8 nitrogen and oxygen atoms in total. The molecule has 0 saturated heterocycles. The number of nitrogens with zero attached hydrogens (tertiary/aromatic N) is 1. The molecule has 0 aromatic heterocycles. The van der Waals surface area contributed by atoms with Gasteiger partial charge in [-0.25, -0.2) is 13.1 Å². The predicted octanol–water partition coefficient (Wildman–Crippen LogP) is 1.04. The quantitative estimate of drug-likeness (QED) is 0.420.